The lowest BCUT2D eigenvalue weighted by atomic mass is 10.1. The van der Waals surface area contributed by atoms with Crippen LogP contribution in [0.3, 0.4) is 0 Å². The summed E-state index contributed by atoms with van der Waals surface area (Å²) in [5, 5.41) is 19.9. The largest absolute Gasteiger partial charge is 0.472 e. The van der Waals surface area contributed by atoms with E-state index in [0.717, 1.165) is 77.0 Å². The van der Waals surface area contributed by atoms with Gasteiger partial charge in [0.05, 0.1) is 25.9 Å². The second kappa shape index (κ2) is 37.8. The number of unbranched alkanes of at least 4 members (excludes halogenated alkanes) is 13. The van der Waals surface area contributed by atoms with Crippen LogP contribution in [0.15, 0.2) is 60.8 Å². The van der Waals surface area contributed by atoms with Crippen molar-refractivity contribution in [1.29, 1.82) is 0 Å². The standard InChI is InChI=1S/C42H74O14P2/c1-3-5-7-9-11-12-13-14-15-16-17-18-20-24-29-33-42(46)56-40(37-55-58(50,51)54-35-39(44)34-53-57(47,48)49)36-52-41(45)32-28-25-21-23-27-31-38(43)30-26-22-19-10-8-6-4-2/h6,8,12-15,19,22,26,30,38-40,43-44H,3-5,7,9-11,16-18,20-21,23-25,27-29,31-37H2,1-2H3,(H,50,51)(H2,47,48,49)/b8-6+,13-12-,15-14-,22-19+,30-26+/t38?,39-,40+/m0/s1. The number of carbonyl (C=O) groups excluding carboxylic acids is 2. The van der Waals surface area contributed by atoms with Gasteiger partial charge in [-0.05, 0) is 57.8 Å². The molecular formula is C42H74O14P2. The van der Waals surface area contributed by atoms with E-state index in [1.54, 1.807) is 6.08 Å². The van der Waals surface area contributed by atoms with E-state index in [0.29, 0.717) is 19.3 Å². The van der Waals surface area contributed by atoms with Crippen LogP contribution in [-0.2, 0) is 41.8 Å². The van der Waals surface area contributed by atoms with Crippen LogP contribution < -0.4 is 0 Å². The first-order valence-electron chi connectivity index (χ1n) is 21.1. The topological polar surface area (TPSA) is 216 Å². The predicted octanol–water partition coefficient (Wildman–Crippen LogP) is 9.42. The summed E-state index contributed by atoms with van der Waals surface area (Å²) in [6.07, 6.45) is 35.2. The molecule has 0 aromatic carbocycles. The zero-order valence-electron chi connectivity index (χ0n) is 35.0. The molecule has 0 aromatic heterocycles. The maximum absolute atomic E-state index is 12.6. The molecule has 0 radical (unpaired) electrons. The minimum absolute atomic E-state index is 0.0910. The minimum atomic E-state index is -4.88. The number of hydrogen-bond acceptors (Lipinski definition) is 11. The highest BCUT2D eigenvalue weighted by molar-refractivity contribution is 7.47. The van der Waals surface area contributed by atoms with Gasteiger partial charge in [0.25, 0.3) is 0 Å². The summed E-state index contributed by atoms with van der Waals surface area (Å²) < 4.78 is 47.6. The zero-order valence-corrected chi connectivity index (χ0v) is 36.8. The molecule has 0 aliphatic carbocycles. The van der Waals surface area contributed by atoms with Gasteiger partial charge in [0.1, 0.15) is 12.7 Å². The molecule has 4 atom stereocenters. The molecule has 336 valence electrons. The molecule has 0 aliphatic heterocycles. The highest BCUT2D eigenvalue weighted by Crippen LogP contribution is 2.43. The quantitative estimate of drug-likeness (QED) is 0.0128. The fourth-order valence-corrected chi connectivity index (χ4v) is 6.44. The number of rotatable bonds is 39. The molecular weight excluding hydrogens is 790 g/mol. The fraction of sp³-hybridized carbons (Fsp3) is 0.714. The van der Waals surface area contributed by atoms with Crippen molar-refractivity contribution < 1.29 is 66.7 Å². The number of esters is 2. The van der Waals surface area contributed by atoms with Crippen molar-refractivity contribution in [2.75, 3.05) is 26.4 Å². The Balaban J connectivity index is 4.66. The average Bonchev–Trinajstić information content (AvgIpc) is 3.17. The van der Waals surface area contributed by atoms with Crippen molar-refractivity contribution in [1.82, 2.24) is 0 Å². The lowest BCUT2D eigenvalue weighted by Crippen LogP contribution is -2.30. The normalized spacial score (nSPS) is 15.2. The summed E-state index contributed by atoms with van der Waals surface area (Å²) >= 11 is 0. The van der Waals surface area contributed by atoms with Gasteiger partial charge in [0, 0.05) is 12.8 Å². The molecule has 0 aliphatic rings. The Morgan fingerprint density at radius 3 is 1.78 bits per heavy atom. The molecule has 0 saturated heterocycles. The number of phosphoric acid groups is 2. The third-order valence-corrected chi connectivity index (χ3v) is 9.95. The first-order chi connectivity index (χ1) is 27.8. The Hall–Kier alpha value is -2.22. The molecule has 0 spiro atoms. The summed E-state index contributed by atoms with van der Waals surface area (Å²) in [5.41, 5.74) is 0. The Kier molecular flexibility index (Phi) is 36.3. The summed E-state index contributed by atoms with van der Waals surface area (Å²) in [6, 6.07) is 0. The van der Waals surface area contributed by atoms with E-state index in [2.05, 4.69) is 59.4 Å². The smallest absolute Gasteiger partial charge is 0.462 e. The number of hydrogen-bond donors (Lipinski definition) is 5. The zero-order chi connectivity index (χ0) is 43.2. The molecule has 16 heteroatoms. The molecule has 58 heavy (non-hydrogen) atoms. The Morgan fingerprint density at radius 1 is 0.586 bits per heavy atom. The van der Waals surface area contributed by atoms with Crippen LogP contribution in [0.1, 0.15) is 149 Å². The molecule has 0 amide bonds. The Bertz CT molecular complexity index is 1280. The van der Waals surface area contributed by atoms with E-state index < -0.39 is 72.3 Å². The Labute approximate surface area is 347 Å². The van der Waals surface area contributed by atoms with Crippen molar-refractivity contribution in [3.63, 3.8) is 0 Å². The third-order valence-electron chi connectivity index (χ3n) is 8.51. The summed E-state index contributed by atoms with van der Waals surface area (Å²) in [7, 11) is -9.71. The van der Waals surface area contributed by atoms with Gasteiger partial charge in [-0.15, -0.1) is 0 Å². The number of aliphatic hydroxyl groups excluding tert-OH is 2. The van der Waals surface area contributed by atoms with Crippen molar-refractivity contribution in [2.24, 2.45) is 0 Å². The summed E-state index contributed by atoms with van der Waals surface area (Å²) in [5.74, 6) is -1.13. The highest BCUT2D eigenvalue weighted by atomic mass is 31.2. The van der Waals surface area contributed by atoms with Crippen LogP contribution in [0, 0.1) is 0 Å². The lowest BCUT2D eigenvalue weighted by Gasteiger charge is -2.20. The lowest BCUT2D eigenvalue weighted by molar-refractivity contribution is -0.161. The van der Waals surface area contributed by atoms with Crippen LogP contribution in [-0.4, -0.2) is 81.6 Å². The van der Waals surface area contributed by atoms with Crippen molar-refractivity contribution >= 4 is 27.6 Å². The Morgan fingerprint density at radius 2 is 1.14 bits per heavy atom. The van der Waals surface area contributed by atoms with Gasteiger partial charge < -0.3 is 34.4 Å². The van der Waals surface area contributed by atoms with Crippen molar-refractivity contribution in [2.45, 2.75) is 167 Å². The van der Waals surface area contributed by atoms with E-state index in [1.165, 1.54) is 25.7 Å². The molecule has 0 saturated carbocycles. The van der Waals surface area contributed by atoms with Crippen LogP contribution in [0.5, 0.6) is 0 Å². The van der Waals surface area contributed by atoms with E-state index in [1.807, 2.05) is 18.2 Å². The number of aliphatic hydroxyl groups is 2. The van der Waals surface area contributed by atoms with Crippen LogP contribution in [0.4, 0.5) is 0 Å². The van der Waals surface area contributed by atoms with Crippen LogP contribution in [0.25, 0.3) is 0 Å². The van der Waals surface area contributed by atoms with Gasteiger partial charge in [0.15, 0.2) is 6.10 Å². The van der Waals surface area contributed by atoms with Crippen molar-refractivity contribution in [3.8, 4) is 0 Å². The van der Waals surface area contributed by atoms with Crippen LogP contribution >= 0.6 is 15.6 Å². The van der Waals surface area contributed by atoms with E-state index >= 15 is 0 Å². The number of carbonyl (C=O) groups is 2. The van der Waals surface area contributed by atoms with Gasteiger partial charge in [-0.2, -0.15) is 0 Å². The molecule has 5 N–H and O–H groups in total. The molecule has 0 rings (SSSR count). The fourth-order valence-electron chi connectivity index (χ4n) is 5.29. The predicted molar refractivity (Wildman–Crippen MR) is 227 cm³/mol. The maximum Gasteiger partial charge on any atom is 0.472 e. The molecule has 14 nitrogen and oxygen atoms in total. The van der Waals surface area contributed by atoms with Gasteiger partial charge >= 0.3 is 27.6 Å². The van der Waals surface area contributed by atoms with E-state index in [4.69, 9.17) is 23.8 Å². The number of allylic oxidation sites excluding steroid dienone is 9. The molecule has 0 aromatic rings. The maximum atomic E-state index is 12.6. The highest BCUT2D eigenvalue weighted by Gasteiger charge is 2.28. The van der Waals surface area contributed by atoms with Crippen molar-refractivity contribution in [3.05, 3.63) is 60.8 Å². The minimum Gasteiger partial charge on any atom is -0.462 e. The monoisotopic (exact) mass is 864 g/mol. The second-order valence-corrected chi connectivity index (χ2v) is 16.8. The van der Waals surface area contributed by atoms with Gasteiger partial charge in [-0.1, -0.05) is 139 Å². The first-order valence-corrected chi connectivity index (χ1v) is 24.1. The number of phosphoric ester groups is 2. The van der Waals surface area contributed by atoms with E-state index in [-0.39, 0.29) is 12.8 Å². The number of ether oxygens (including phenoxy) is 2. The molecule has 0 fully saturated rings. The summed E-state index contributed by atoms with van der Waals surface area (Å²) in [4.78, 5) is 52.6. The van der Waals surface area contributed by atoms with Gasteiger partial charge in [0.2, 0.25) is 0 Å². The first kappa shape index (κ1) is 55.8. The molecule has 0 bridgehead atoms. The average molecular weight is 865 g/mol. The van der Waals surface area contributed by atoms with Crippen LogP contribution in [0.2, 0.25) is 0 Å². The molecule has 2 unspecified atom stereocenters. The van der Waals surface area contributed by atoms with Gasteiger partial charge in [-0.25, -0.2) is 9.13 Å². The third kappa shape index (κ3) is 40.6. The SMILES string of the molecule is CC/C=C/C/C=C/C=C/C(O)CCCCCCCC(=O)OC[C@H](COP(=O)(O)OC[C@@H](O)COP(=O)(O)O)OC(=O)CCCCCCC/C=C\C=C/CCCCCC. The van der Waals surface area contributed by atoms with E-state index in [9.17, 15) is 33.8 Å². The van der Waals surface area contributed by atoms with Gasteiger partial charge in [-0.3, -0.25) is 23.2 Å². The molecule has 0 heterocycles. The second-order valence-electron chi connectivity index (χ2n) is 14.1. The summed E-state index contributed by atoms with van der Waals surface area (Å²) in [6.45, 7) is 1.47.